The maximum atomic E-state index is 11.8. The summed E-state index contributed by atoms with van der Waals surface area (Å²) in [5.74, 6) is 0.00663. The molecule has 16 heavy (non-hydrogen) atoms. The second-order valence-electron chi connectivity index (χ2n) is 4.84. The molecule has 0 saturated heterocycles. The molecule has 0 bridgehead atoms. The number of likely N-dealkylation sites (N-methyl/N-ethyl adjacent to an activating group) is 1. The largest absolute Gasteiger partial charge is 0.390 e. The van der Waals surface area contributed by atoms with Crippen molar-refractivity contribution in [1.29, 1.82) is 0 Å². The van der Waals surface area contributed by atoms with Crippen LogP contribution in [0.15, 0.2) is 0 Å². The number of hydrogen-bond acceptors (Lipinski definition) is 4. The molecule has 2 N–H and O–H groups in total. The van der Waals surface area contributed by atoms with Gasteiger partial charge in [0.1, 0.15) is 0 Å². The van der Waals surface area contributed by atoms with Gasteiger partial charge in [-0.25, -0.2) is 0 Å². The zero-order valence-electron chi connectivity index (χ0n) is 10.3. The summed E-state index contributed by atoms with van der Waals surface area (Å²) in [4.78, 5) is 13.7. The molecule has 1 amide bonds. The Balaban J connectivity index is 2.25. The lowest BCUT2D eigenvalue weighted by Gasteiger charge is -2.19. The fraction of sp³-hybridized carbons (Fsp3) is 0.909. The van der Waals surface area contributed by atoms with Gasteiger partial charge in [0.05, 0.1) is 18.1 Å². The van der Waals surface area contributed by atoms with Crippen molar-refractivity contribution < 1.29 is 14.6 Å². The Labute approximate surface area is 96.8 Å². The molecule has 1 aliphatic carbocycles. The van der Waals surface area contributed by atoms with Gasteiger partial charge in [-0.2, -0.15) is 0 Å². The van der Waals surface area contributed by atoms with E-state index in [4.69, 9.17) is 4.74 Å². The first-order valence-corrected chi connectivity index (χ1v) is 5.60. The molecule has 0 aromatic heterocycles. The third kappa shape index (κ3) is 3.73. The zero-order valence-corrected chi connectivity index (χ0v) is 10.3. The molecule has 0 aromatic carbocycles. The van der Waals surface area contributed by atoms with E-state index in [1.807, 2.05) is 19.0 Å². The van der Waals surface area contributed by atoms with E-state index in [2.05, 4.69) is 5.32 Å². The maximum Gasteiger partial charge on any atom is 0.228 e. The summed E-state index contributed by atoms with van der Waals surface area (Å²) in [5, 5.41) is 12.4. The Morgan fingerprint density at radius 2 is 2.19 bits per heavy atom. The van der Waals surface area contributed by atoms with Crippen LogP contribution in [0.25, 0.3) is 0 Å². The van der Waals surface area contributed by atoms with Crippen molar-refractivity contribution in [3.63, 3.8) is 0 Å². The van der Waals surface area contributed by atoms with E-state index >= 15 is 0 Å². The smallest absolute Gasteiger partial charge is 0.228 e. The Morgan fingerprint density at radius 1 is 1.56 bits per heavy atom. The number of carbonyl (C=O) groups is 1. The topological polar surface area (TPSA) is 61.8 Å². The molecule has 0 aliphatic heterocycles. The molecule has 0 spiro atoms. The van der Waals surface area contributed by atoms with E-state index in [-0.39, 0.29) is 11.3 Å². The van der Waals surface area contributed by atoms with Crippen LogP contribution >= 0.6 is 0 Å². The number of aliphatic hydroxyl groups excluding tert-OH is 1. The molecule has 0 unspecified atom stereocenters. The van der Waals surface area contributed by atoms with E-state index in [0.717, 1.165) is 12.8 Å². The van der Waals surface area contributed by atoms with Crippen LogP contribution in [0.3, 0.4) is 0 Å². The predicted molar refractivity (Wildman–Crippen MR) is 61.1 cm³/mol. The van der Waals surface area contributed by atoms with Crippen molar-refractivity contribution in [2.45, 2.75) is 18.9 Å². The lowest BCUT2D eigenvalue weighted by atomic mass is 10.1. The van der Waals surface area contributed by atoms with Crippen molar-refractivity contribution in [3.05, 3.63) is 0 Å². The molecule has 1 atom stereocenters. The van der Waals surface area contributed by atoms with Crippen LogP contribution < -0.4 is 5.32 Å². The Hall–Kier alpha value is -0.650. The van der Waals surface area contributed by atoms with Gasteiger partial charge >= 0.3 is 0 Å². The van der Waals surface area contributed by atoms with Crippen molar-refractivity contribution in [2.75, 3.05) is 40.9 Å². The lowest BCUT2D eigenvalue weighted by molar-refractivity contribution is -0.128. The van der Waals surface area contributed by atoms with Crippen LogP contribution in [-0.4, -0.2) is 62.9 Å². The highest BCUT2D eigenvalue weighted by Gasteiger charge is 2.49. The molecular weight excluding hydrogens is 208 g/mol. The molecule has 5 heteroatoms. The van der Waals surface area contributed by atoms with Gasteiger partial charge in [-0.1, -0.05) is 0 Å². The number of rotatable bonds is 7. The maximum absolute atomic E-state index is 11.8. The first-order chi connectivity index (χ1) is 7.50. The summed E-state index contributed by atoms with van der Waals surface area (Å²) in [6.07, 6.45) is 1.25. The second-order valence-corrected chi connectivity index (χ2v) is 4.84. The highest BCUT2D eigenvalue weighted by Crippen LogP contribution is 2.45. The number of nitrogens with zero attached hydrogens (tertiary/aromatic N) is 1. The minimum absolute atomic E-state index is 0.00663. The highest BCUT2D eigenvalue weighted by atomic mass is 16.5. The number of nitrogens with one attached hydrogen (secondary N) is 1. The van der Waals surface area contributed by atoms with Gasteiger partial charge in [0.25, 0.3) is 0 Å². The van der Waals surface area contributed by atoms with Crippen LogP contribution in [0.2, 0.25) is 0 Å². The Morgan fingerprint density at radius 3 is 2.62 bits per heavy atom. The average molecular weight is 230 g/mol. The minimum Gasteiger partial charge on any atom is -0.390 e. The summed E-state index contributed by atoms with van der Waals surface area (Å²) in [5.41, 5.74) is -0.313. The van der Waals surface area contributed by atoms with Crippen molar-refractivity contribution in [3.8, 4) is 0 Å². The molecule has 1 rings (SSSR count). The van der Waals surface area contributed by atoms with Crippen LogP contribution in [0.4, 0.5) is 0 Å². The summed E-state index contributed by atoms with van der Waals surface area (Å²) in [6.45, 7) is 1.34. The van der Waals surface area contributed by atoms with Gasteiger partial charge in [-0.05, 0) is 26.9 Å². The van der Waals surface area contributed by atoms with Gasteiger partial charge in [0.15, 0.2) is 0 Å². The fourth-order valence-corrected chi connectivity index (χ4v) is 1.75. The third-order valence-corrected chi connectivity index (χ3v) is 2.83. The van der Waals surface area contributed by atoms with Crippen LogP contribution in [-0.2, 0) is 9.53 Å². The van der Waals surface area contributed by atoms with Crippen LogP contribution in [0.1, 0.15) is 12.8 Å². The third-order valence-electron chi connectivity index (χ3n) is 2.83. The molecule has 1 saturated carbocycles. The number of hydrogen-bond donors (Lipinski definition) is 2. The van der Waals surface area contributed by atoms with E-state index < -0.39 is 6.10 Å². The van der Waals surface area contributed by atoms with Gasteiger partial charge in [0, 0.05) is 20.2 Å². The van der Waals surface area contributed by atoms with Crippen molar-refractivity contribution in [1.82, 2.24) is 10.2 Å². The summed E-state index contributed by atoms with van der Waals surface area (Å²) in [7, 11) is 5.38. The predicted octanol–water partition coefficient (Wildman–Crippen LogP) is -0.548. The molecule has 1 aliphatic rings. The monoisotopic (exact) mass is 230 g/mol. The standard InChI is InChI=1S/C11H22N2O3/c1-13(2)7-9(14)6-12-10(15)11(4-5-11)8-16-3/h9,14H,4-8H2,1-3H3,(H,12,15)/t9-/m0/s1. The van der Waals surface area contributed by atoms with Gasteiger partial charge in [-0.3, -0.25) is 4.79 Å². The molecule has 94 valence electrons. The normalized spacial score (nSPS) is 19.6. The van der Waals surface area contributed by atoms with Crippen LogP contribution in [0, 0.1) is 5.41 Å². The Bertz CT molecular complexity index is 239. The molecule has 0 aromatic rings. The van der Waals surface area contributed by atoms with Crippen molar-refractivity contribution >= 4 is 5.91 Å². The summed E-state index contributed by atoms with van der Waals surface area (Å²) < 4.78 is 5.03. The minimum atomic E-state index is -0.516. The lowest BCUT2D eigenvalue weighted by Crippen LogP contribution is -2.41. The van der Waals surface area contributed by atoms with Gasteiger partial charge in [0.2, 0.25) is 5.91 Å². The number of methoxy groups -OCH3 is 1. The average Bonchev–Trinajstić information content (AvgIpc) is 2.95. The molecule has 0 radical (unpaired) electrons. The van der Waals surface area contributed by atoms with Crippen LogP contribution in [0.5, 0.6) is 0 Å². The fourth-order valence-electron chi connectivity index (χ4n) is 1.75. The molecule has 5 nitrogen and oxygen atoms in total. The number of ether oxygens (including phenoxy) is 1. The number of aliphatic hydroxyl groups is 1. The van der Waals surface area contributed by atoms with E-state index in [1.54, 1.807) is 7.11 Å². The summed E-state index contributed by atoms with van der Waals surface area (Å²) >= 11 is 0. The highest BCUT2D eigenvalue weighted by molar-refractivity contribution is 5.85. The van der Waals surface area contributed by atoms with Gasteiger partial charge in [-0.15, -0.1) is 0 Å². The first kappa shape index (κ1) is 13.4. The summed E-state index contributed by atoms with van der Waals surface area (Å²) in [6, 6.07) is 0. The second kappa shape index (κ2) is 5.61. The number of amides is 1. The van der Waals surface area contributed by atoms with Crippen molar-refractivity contribution in [2.24, 2.45) is 5.41 Å². The Kier molecular flexibility index (Phi) is 4.70. The molecular formula is C11H22N2O3. The number of carbonyl (C=O) groups excluding carboxylic acids is 1. The first-order valence-electron chi connectivity index (χ1n) is 5.60. The van der Waals surface area contributed by atoms with E-state index in [1.165, 1.54) is 0 Å². The molecule has 0 heterocycles. The zero-order chi connectivity index (χ0) is 12.2. The van der Waals surface area contributed by atoms with Gasteiger partial charge < -0.3 is 20.1 Å². The van der Waals surface area contributed by atoms with E-state index in [9.17, 15) is 9.90 Å². The quantitative estimate of drug-likeness (QED) is 0.616. The SMILES string of the molecule is COCC1(C(=O)NC[C@H](O)CN(C)C)CC1. The van der Waals surface area contributed by atoms with E-state index in [0.29, 0.717) is 19.7 Å². The molecule has 1 fully saturated rings.